The number of benzene rings is 2. The lowest BCUT2D eigenvalue weighted by molar-refractivity contribution is -0.153. The number of hydrogen-bond donors (Lipinski definition) is 0. The molecule has 0 amide bonds. The molecule has 0 aliphatic carbocycles. The second-order valence-electron chi connectivity index (χ2n) is 4.18. The normalized spacial score (nSPS) is 10.9. The van der Waals surface area contributed by atoms with Gasteiger partial charge in [-0.15, -0.1) is 0 Å². The summed E-state index contributed by atoms with van der Waals surface area (Å²) in [5.74, 6) is -1.10. The highest BCUT2D eigenvalue weighted by Gasteiger charge is 2.29. The Morgan fingerprint density at radius 1 is 0.955 bits per heavy atom. The molecule has 0 N–H and O–H groups in total. The quantitative estimate of drug-likeness (QED) is 0.784. The summed E-state index contributed by atoms with van der Waals surface area (Å²) in [6, 6.07) is 11.0. The molecule has 114 valence electrons. The van der Waals surface area contributed by atoms with Crippen LogP contribution in [-0.4, -0.2) is 12.8 Å². The van der Waals surface area contributed by atoms with Crippen LogP contribution in [0.25, 0.3) is 0 Å². The van der Waals surface area contributed by atoms with Crippen LogP contribution in [0.4, 0.5) is 17.6 Å². The maximum atomic E-state index is 13.5. The van der Waals surface area contributed by atoms with Crippen LogP contribution in [0.1, 0.15) is 5.56 Å². The average molecular weight is 311 g/mol. The standard InChI is InChI=1S/C15H9F4NO2/c16-11-4-3-7-12(10(11)8-20)22-14-6-2-1-5-13(14)21-9-15(17,18)19/h1-7H,9H2. The third kappa shape index (κ3) is 3.88. The highest BCUT2D eigenvalue weighted by atomic mass is 19.4. The van der Waals surface area contributed by atoms with Gasteiger partial charge in [-0.05, 0) is 24.3 Å². The summed E-state index contributed by atoms with van der Waals surface area (Å²) in [4.78, 5) is 0. The zero-order valence-electron chi connectivity index (χ0n) is 11.0. The number of nitrogens with zero attached hydrogens (tertiary/aromatic N) is 1. The Morgan fingerprint density at radius 2 is 1.59 bits per heavy atom. The van der Waals surface area contributed by atoms with Crippen LogP contribution in [0.5, 0.6) is 17.2 Å². The Morgan fingerprint density at radius 3 is 2.23 bits per heavy atom. The van der Waals surface area contributed by atoms with E-state index in [0.29, 0.717) is 0 Å². The summed E-state index contributed by atoms with van der Waals surface area (Å²) in [7, 11) is 0. The largest absolute Gasteiger partial charge is 0.480 e. The van der Waals surface area contributed by atoms with E-state index in [0.717, 1.165) is 6.07 Å². The highest BCUT2D eigenvalue weighted by Crippen LogP contribution is 2.34. The van der Waals surface area contributed by atoms with E-state index in [1.54, 1.807) is 6.07 Å². The van der Waals surface area contributed by atoms with Gasteiger partial charge in [0, 0.05) is 0 Å². The molecule has 0 aromatic heterocycles. The maximum absolute atomic E-state index is 13.5. The van der Waals surface area contributed by atoms with Gasteiger partial charge >= 0.3 is 6.18 Å². The van der Waals surface area contributed by atoms with E-state index in [-0.39, 0.29) is 22.8 Å². The van der Waals surface area contributed by atoms with Gasteiger partial charge in [0.05, 0.1) is 0 Å². The molecule has 22 heavy (non-hydrogen) atoms. The van der Waals surface area contributed by atoms with Crippen molar-refractivity contribution in [3.8, 4) is 23.3 Å². The minimum atomic E-state index is -4.50. The van der Waals surface area contributed by atoms with Crippen molar-refractivity contribution < 1.29 is 27.0 Å². The fraction of sp³-hybridized carbons (Fsp3) is 0.133. The first kappa shape index (κ1) is 15.6. The lowest BCUT2D eigenvalue weighted by Crippen LogP contribution is -2.19. The maximum Gasteiger partial charge on any atom is 0.422 e. The molecule has 0 saturated heterocycles. The fourth-order valence-corrected chi connectivity index (χ4v) is 1.63. The van der Waals surface area contributed by atoms with Crippen molar-refractivity contribution in [2.45, 2.75) is 6.18 Å². The molecule has 0 radical (unpaired) electrons. The molecule has 0 aliphatic rings. The predicted octanol–water partition coefficient (Wildman–Crippen LogP) is 4.43. The highest BCUT2D eigenvalue weighted by molar-refractivity contribution is 5.49. The van der Waals surface area contributed by atoms with Gasteiger partial charge in [-0.25, -0.2) is 4.39 Å². The van der Waals surface area contributed by atoms with E-state index in [4.69, 9.17) is 10.00 Å². The lowest BCUT2D eigenvalue weighted by atomic mass is 10.2. The molecule has 2 aromatic carbocycles. The summed E-state index contributed by atoms with van der Waals surface area (Å²) in [5, 5.41) is 8.91. The first-order chi connectivity index (χ1) is 10.4. The SMILES string of the molecule is N#Cc1c(F)cccc1Oc1ccccc1OCC(F)(F)F. The molecular weight excluding hydrogens is 302 g/mol. The van der Waals surface area contributed by atoms with Crippen molar-refractivity contribution in [1.82, 2.24) is 0 Å². The van der Waals surface area contributed by atoms with Crippen LogP contribution in [0.3, 0.4) is 0 Å². The molecule has 0 aliphatic heterocycles. The van der Waals surface area contributed by atoms with Crippen LogP contribution in [0.15, 0.2) is 42.5 Å². The first-order valence-electron chi connectivity index (χ1n) is 6.06. The van der Waals surface area contributed by atoms with E-state index in [1.165, 1.54) is 36.4 Å². The van der Waals surface area contributed by atoms with Gasteiger partial charge in [0.2, 0.25) is 0 Å². The van der Waals surface area contributed by atoms with Gasteiger partial charge in [0.1, 0.15) is 23.2 Å². The van der Waals surface area contributed by atoms with Crippen molar-refractivity contribution >= 4 is 0 Å². The van der Waals surface area contributed by atoms with E-state index in [9.17, 15) is 17.6 Å². The number of halogens is 4. The van der Waals surface area contributed by atoms with Gasteiger partial charge in [-0.1, -0.05) is 18.2 Å². The molecular formula is C15H9F4NO2. The van der Waals surface area contributed by atoms with Crippen molar-refractivity contribution in [2.24, 2.45) is 0 Å². The number of nitriles is 1. The van der Waals surface area contributed by atoms with Crippen LogP contribution >= 0.6 is 0 Å². The van der Waals surface area contributed by atoms with Crippen LogP contribution < -0.4 is 9.47 Å². The minimum absolute atomic E-state index is 0.0474. The summed E-state index contributed by atoms with van der Waals surface area (Å²) in [6.07, 6.45) is -4.50. The summed E-state index contributed by atoms with van der Waals surface area (Å²) < 4.78 is 60.1. The van der Waals surface area contributed by atoms with Crippen LogP contribution in [0, 0.1) is 17.1 Å². The Labute approximate surface area is 123 Å². The molecule has 0 fully saturated rings. The summed E-state index contributed by atoms with van der Waals surface area (Å²) in [5.41, 5.74) is -0.340. The second-order valence-corrected chi connectivity index (χ2v) is 4.18. The van der Waals surface area contributed by atoms with Crippen molar-refractivity contribution in [2.75, 3.05) is 6.61 Å². The Kier molecular flexibility index (Phi) is 4.51. The molecule has 0 bridgehead atoms. The van der Waals surface area contributed by atoms with Gasteiger partial charge in [-0.3, -0.25) is 0 Å². The Hall–Kier alpha value is -2.75. The number of para-hydroxylation sites is 2. The topological polar surface area (TPSA) is 42.2 Å². The lowest BCUT2D eigenvalue weighted by Gasteiger charge is -2.14. The van der Waals surface area contributed by atoms with E-state index < -0.39 is 18.6 Å². The number of alkyl halides is 3. The van der Waals surface area contributed by atoms with Gasteiger partial charge in [0.25, 0.3) is 0 Å². The second kappa shape index (κ2) is 6.35. The molecule has 0 saturated carbocycles. The number of hydrogen-bond acceptors (Lipinski definition) is 3. The third-order valence-electron chi connectivity index (χ3n) is 2.55. The Bertz CT molecular complexity index is 707. The summed E-state index contributed by atoms with van der Waals surface area (Å²) >= 11 is 0. The first-order valence-corrected chi connectivity index (χ1v) is 6.06. The van der Waals surface area contributed by atoms with Crippen molar-refractivity contribution in [3.05, 3.63) is 53.8 Å². The minimum Gasteiger partial charge on any atom is -0.480 e. The molecule has 0 heterocycles. The molecule has 2 rings (SSSR count). The van der Waals surface area contributed by atoms with E-state index >= 15 is 0 Å². The average Bonchev–Trinajstić information content (AvgIpc) is 2.46. The van der Waals surface area contributed by atoms with E-state index in [1.807, 2.05) is 0 Å². The number of ether oxygens (including phenoxy) is 2. The van der Waals surface area contributed by atoms with Crippen LogP contribution in [0.2, 0.25) is 0 Å². The van der Waals surface area contributed by atoms with Gasteiger partial charge in [-0.2, -0.15) is 18.4 Å². The summed E-state index contributed by atoms with van der Waals surface area (Å²) in [6.45, 7) is -1.48. The molecule has 0 spiro atoms. The molecule has 3 nitrogen and oxygen atoms in total. The molecule has 7 heteroatoms. The van der Waals surface area contributed by atoms with Gasteiger partial charge in [0.15, 0.2) is 18.1 Å². The molecule has 2 aromatic rings. The number of rotatable bonds is 4. The Balaban J connectivity index is 2.28. The third-order valence-corrected chi connectivity index (χ3v) is 2.55. The predicted molar refractivity (Wildman–Crippen MR) is 69.2 cm³/mol. The zero-order valence-corrected chi connectivity index (χ0v) is 11.0. The monoisotopic (exact) mass is 311 g/mol. The zero-order chi connectivity index (χ0) is 16.2. The fourth-order valence-electron chi connectivity index (χ4n) is 1.63. The van der Waals surface area contributed by atoms with Crippen molar-refractivity contribution in [3.63, 3.8) is 0 Å². The molecule has 0 atom stereocenters. The van der Waals surface area contributed by atoms with Crippen molar-refractivity contribution in [1.29, 1.82) is 5.26 Å². The van der Waals surface area contributed by atoms with Crippen LogP contribution in [-0.2, 0) is 0 Å². The van der Waals surface area contributed by atoms with E-state index in [2.05, 4.69) is 4.74 Å². The molecule has 0 unspecified atom stereocenters. The smallest absolute Gasteiger partial charge is 0.422 e. The van der Waals surface area contributed by atoms with Gasteiger partial charge < -0.3 is 9.47 Å².